The van der Waals surface area contributed by atoms with Gasteiger partial charge in [-0.05, 0) is 6.42 Å². The van der Waals surface area contributed by atoms with Gasteiger partial charge in [-0.15, -0.1) is 0 Å². The van der Waals surface area contributed by atoms with Gasteiger partial charge < -0.3 is 16.0 Å². The Morgan fingerprint density at radius 1 is 1.53 bits per heavy atom. The van der Waals surface area contributed by atoms with E-state index in [1.54, 1.807) is 0 Å². The van der Waals surface area contributed by atoms with Crippen molar-refractivity contribution in [2.45, 2.75) is 45.6 Å². The van der Waals surface area contributed by atoms with Crippen molar-refractivity contribution >= 4 is 5.82 Å². The fourth-order valence-electron chi connectivity index (χ4n) is 1.55. The number of aromatic nitrogens is 2. The molecular formula is C12H22N4O. The van der Waals surface area contributed by atoms with Gasteiger partial charge in [-0.3, -0.25) is 4.79 Å². The molecule has 4 N–H and O–H groups in total. The lowest BCUT2D eigenvalue weighted by atomic mass is 10.2. The van der Waals surface area contributed by atoms with Crippen LogP contribution in [0.2, 0.25) is 0 Å². The summed E-state index contributed by atoms with van der Waals surface area (Å²) in [6.45, 7) is 6.72. The zero-order chi connectivity index (χ0) is 12.8. The van der Waals surface area contributed by atoms with Gasteiger partial charge in [-0.2, -0.15) is 0 Å². The van der Waals surface area contributed by atoms with Gasteiger partial charge in [0.15, 0.2) is 0 Å². The highest BCUT2D eigenvalue weighted by molar-refractivity contribution is 5.33. The highest BCUT2D eigenvalue weighted by Crippen LogP contribution is 2.09. The van der Waals surface area contributed by atoms with Crippen LogP contribution in [0.15, 0.2) is 10.9 Å². The maximum atomic E-state index is 11.4. The van der Waals surface area contributed by atoms with Crippen LogP contribution in [0, 0.1) is 0 Å². The van der Waals surface area contributed by atoms with E-state index in [1.165, 1.54) is 6.07 Å². The zero-order valence-electron chi connectivity index (χ0n) is 10.8. The lowest BCUT2D eigenvalue weighted by Crippen LogP contribution is -2.29. The summed E-state index contributed by atoms with van der Waals surface area (Å²) in [5.41, 5.74) is 5.76. The van der Waals surface area contributed by atoms with E-state index in [-0.39, 0.29) is 17.5 Å². The molecule has 0 saturated heterocycles. The first-order valence-corrected chi connectivity index (χ1v) is 6.13. The number of anilines is 1. The van der Waals surface area contributed by atoms with Gasteiger partial charge in [0.2, 0.25) is 0 Å². The molecule has 0 saturated carbocycles. The molecule has 1 rings (SSSR count). The second-order valence-corrected chi connectivity index (χ2v) is 4.60. The van der Waals surface area contributed by atoms with Crippen molar-refractivity contribution in [3.8, 4) is 0 Å². The van der Waals surface area contributed by atoms with Gasteiger partial charge in [0.1, 0.15) is 11.6 Å². The molecule has 1 unspecified atom stereocenters. The predicted octanol–water partition coefficient (Wildman–Crippen LogP) is 1.43. The van der Waals surface area contributed by atoms with Crippen molar-refractivity contribution in [3.05, 3.63) is 22.2 Å². The number of rotatable bonds is 6. The van der Waals surface area contributed by atoms with E-state index >= 15 is 0 Å². The number of nitrogens with one attached hydrogen (secondary N) is 2. The van der Waals surface area contributed by atoms with Crippen LogP contribution in [0.25, 0.3) is 0 Å². The van der Waals surface area contributed by atoms with E-state index < -0.39 is 0 Å². The fraction of sp³-hybridized carbons (Fsp3) is 0.667. The molecule has 1 atom stereocenters. The quantitative estimate of drug-likeness (QED) is 0.700. The Labute approximate surface area is 102 Å². The van der Waals surface area contributed by atoms with Crippen LogP contribution in [0.1, 0.15) is 45.4 Å². The van der Waals surface area contributed by atoms with Crippen LogP contribution in [0.4, 0.5) is 5.82 Å². The van der Waals surface area contributed by atoms with E-state index in [9.17, 15) is 4.79 Å². The SMILES string of the molecule is CCCC(N)CNc1cc(=O)[nH]c(C(C)C)n1. The van der Waals surface area contributed by atoms with E-state index in [4.69, 9.17) is 5.73 Å². The van der Waals surface area contributed by atoms with Crippen molar-refractivity contribution in [1.29, 1.82) is 0 Å². The number of aromatic amines is 1. The van der Waals surface area contributed by atoms with Gasteiger partial charge >= 0.3 is 0 Å². The normalized spacial score (nSPS) is 12.8. The summed E-state index contributed by atoms with van der Waals surface area (Å²) < 4.78 is 0. The highest BCUT2D eigenvalue weighted by Gasteiger charge is 2.06. The van der Waals surface area contributed by atoms with Crippen molar-refractivity contribution in [1.82, 2.24) is 9.97 Å². The molecule has 0 fully saturated rings. The molecule has 0 bridgehead atoms. The maximum Gasteiger partial charge on any atom is 0.252 e. The van der Waals surface area contributed by atoms with Gasteiger partial charge in [-0.1, -0.05) is 27.2 Å². The summed E-state index contributed by atoms with van der Waals surface area (Å²) in [6.07, 6.45) is 2.02. The van der Waals surface area contributed by atoms with Crippen LogP contribution in [-0.4, -0.2) is 22.6 Å². The zero-order valence-corrected chi connectivity index (χ0v) is 10.8. The molecular weight excluding hydrogens is 216 g/mol. The Hall–Kier alpha value is -1.36. The molecule has 1 heterocycles. The lowest BCUT2D eigenvalue weighted by molar-refractivity contribution is 0.625. The third-order valence-corrected chi connectivity index (χ3v) is 2.51. The average molecular weight is 238 g/mol. The molecule has 0 radical (unpaired) electrons. The second kappa shape index (κ2) is 6.39. The number of nitrogens with zero attached hydrogens (tertiary/aromatic N) is 1. The Bertz CT molecular complexity index is 400. The molecule has 1 aromatic heterocycles. The third-order valence-electron chi connectivity index (χ3n) is 2.51. The number of hydrogen-bond acceptors (Lipinski definition) is 4. The molecule has 96 valence electrons. The van der Waals surface area contributed by atoms with Gasteiger partial charge in [0.25, 0.3) is 5.56 Å². The van der Waals surface area contributed by atoms with Gasteiger partial charge in [0, 0.05) is 24.6 Å². The fourth-order valence-corrected chi connectivity index (χ4v) is 1.55. The minimum absolute atomic E-state index is 0.101. The first-order valence-electron chi connectivity index (χ1n) is 6.13. The Morgan fingerprint density at radius 3 is 2.82 bits per heavy atom. The molecule has 17 heavy (non-hydrogen) atoms. The predicted molar refractivity (Wildman–Crippen MR) is 70.3 cm³/mol. The van der Waals surface area contributed by atoms with E-state index in [0.717, 1.165) is 12.8 Å². The molecule has 0 aliphatic heterocycles. The van der Waals surface area contributed by atoms with Crippen LogP contribution < -0.4 is 16.6 Å². The first kappa shape index (κ1) is 13.7. The van der Waals surface area contributed by atoms with Crippen LogP contribution in [0.5, 0.6) is 0 Å². The van der Waals surface area contributed by atoms with E-state index in [0.29, 0.717) is 18.2 Å². The number of nitrogens with two attached hydrogens (primary N) is 1. The Balaban J connectivity index is 2.68. The second-order valence-electron chi connectivity index (χ2n) is 4.60. The molecule has 1 aromatic rings. The van der Waals surface area contributed by atoms with Crippen molar-refractivity contribution in [3.63, 3.8) is 0 Å². The summed E-state index contributed by atoms with van der Waals surface area (Å²) >= 11 is 0. The van der Waals surface area contributed by atoms with Gasteiger partial charge in [-0.25, -0.2) is 4.98 Å². The molecule has 0 aliphatic rings. The van der Waals surface area contributed by atoms with Crippen molar-refractivity contribution < 1.29 is 0 Å². The van der Waals surface area contributed by atoms with E-state index in [2.05, 4.69) is 22.2 Å². The number of hydrogen-bond donors (Lipinski definition) is 3. The van der Waals surface area contributed by atoms with Crippen molar-refractivity contribution in [2.24, 2.45) is 5.73 Å². The third kappa shape index (κ3) is 4.56. The summed E-state index contributed by atoms with van der Waals surface area (Å²) in [5, 5.41) is 3.11. The maximum absolute atomic E-state index is 11.4. The lowest BCUT2D eigenvalue weighted by Gasteiger charge is -2.13. The van der Waals surface area contributed by atoms with E-state index in [1.807, 2.05) is 13.8 Å². The topological polar surface area (TPSA) is 83.8 Å². The molecule has 5 nitrogen and oxygen atoms in total. The summed E-state index contributed by atoms with van der Waals surface area (Å²) in [5.74, 6) is 1.50. The van der Waals surface area contributed by atoms with Crippen molar-refractivity contribution in [2.75, 3.05) is 11.9 Å². The largest absolute Gasteiger partial charge is 0.368 e. The minimum atomic E-state index is -0.129. The molecule has 0 spiro atoms. The van der Waals surface area contributed by atoms with Crippen LogP contribution in [-0.2, 0) is 0 Å². The molecule has 0 aromatic carbocycles. The Morgan fingerprint density at radius 2 is 2.24 bits per heavy atom. The minimum Gasteiger partial charge on any atom is -0.368 e. The molecule has 0 aliphatic carbocycles. The molecule has 0 amide bonds. The smallest absolute Gasteiger partial charge is 0.252 e. The number of H-pyrrole nitrogens is 1. The Kier molecular flexibility index (Phi) is 5.15. The summed E-state index contributed by atoms with van der Waals surface area (Å²) in [7, 11) is 0. The standard InChI is InChI=1S/C12H22N4O/c1-4-5-9(13)7-14-10-6-11(17)16-12(15-10)8(2)3/h6,8-9H,4-5,7,13H2,1-3H3,(H2,14,15,16,17). The summed E-state index contributed by atoms with van der Waals surface area (Å²) in [6, 6.07) is 1.56. The van der Waals surface area contributed by atoms with Crippen LogP contribution in [0.3, 0.4) is 0 Å². The first-order chi connectivity index (χ1) is 8.02. The molecule has 5 heteroatoms. The van der Waals surface area contributed by atoms with Gasteiger partial charge in [0.05, 0.1) is 0 Å². The average Bonchev–Trinajstić information content (AvgIpc) is 2.26. The van der Waals surface area contributed by atoms with Crippen LogP contribution >= 0.6 is 0 Å². The summed E-state index contributed by atoms with van der Waals surface area (Å²) in [4.78, 5) is 18.5. The highest BCUT2D eigenvalue weighted by atomic mass is 16.1. The monoisotopic (exact) mass is 238 g/mol.